The minimum atomic E-state index is -0.445. The Labute approximate surface area is 127 Å². The van der Waals surface area contributed by atoms with Crippen LogP contribution in [0.3, 0.4) is 0 Å². The van der Waals surface area contributed by atoms with Gasteiger partial charge in [0.05, 0.1) is 5.69 Å². The van der Waals surface area contributed by atoms with E-state index in [0.717, 1.165) is 6.42 Å². The van der Waals surface area contributed by atoms with Crippen molar-refractivity contribution in [1.29, 1.82) is 0 Å². The predicted octanol–water partition coefficient (Wildman–Crippen LogP) is 2.14. The van der Waals surface area contributed by atoms with Crippen LogP contribution in [0.15, 0.2) is 18.2 Å². The number of rotatable bonds is 3. The molecule has 0 saturated carbocycles. The monoisotopic (exact) mass is 304 g/mol. The van der Waals surface area contributed by atoms with E-state index in [-0.39, 0.29) is 11.7 Å². The van der Waals surface area contributed by atoms with Gasteiger partial charge in [0.1, 0.15) is 17.7 Å². The maximum Gasteiger partial charge on any atom is 0.255 e. The topological polar surface area (TPSA) is 69.0 Å². The van der Waals surface area contributed by atoms with Gasteiger partial charge in [-0.15, -0.1) is 5.10 Å². The van der Waals surface area contributed by atoms with Crippen molar-refractivity contribution in [2.45, 2.75) is 32.8 Å². The molecule has 2 heterocycles. The molecule has 0 aliphatic carbocycles. The highest BCUT2D eigenvalue weighted by Gasteiger charge is 2.25. The molecule has 1 aromatic carbocycles. The van der Waals surface area contributed by atoms with Crippen LogP contribution in [0.1, 0.15) is 24.2 Å². The van der Waals surface area contributed by atoms with Crippen molar-refractivity contribution in [3.63, 3.8) is 0 Å². The van der Waals surface area contributed by atoms with Gasteiger partial charge in [0.2, 0.25) is 5.95 Å². The molecule has 22 heavy (non-hydrogen) atoms. The zero-order valence-electron chi connectivity index (χ0n) is 12.5. The molecule has 1 saturated heterocycles. The van der Waals surface area contributed by atoms with Crippen LogP contribution in [0.25, 0.3) is 5.69 Å². The lowest BCUT2D eigenvalue weighted by molar-refractivity contribution is -0.124. The lowest BCUT2D eigenvalue weighted by Crippen LogP contribution is -2.28. The third-order valence-electron chi connectivity index (χ3n) is 3.56. The van der Waals surface area contributed by atoms with Gasteiger partial charge in [0, 0.05) is 6.61 Å². The van der Waals surface area contributed by atoms with Crippen LogP contribution in [0.4, 0.5) is 10.3 Å². The molecule has 116 valence electrons. The van der Waals surface area contributed by atoms with Gasteiger partial charge in [-0.3, -0.25) is 10.1 Å². The summed E-state index contributed by atoms with van der Waals surface area (Å²) in [6, 6.07) is 4.38. The summed E-state index contributed by atoms with van der Waals surface area (Å²) in [5, 5.41) is 7.02. The van der Waals surface area contributed by atoms with E-state index in [4.69, 9.17) is 4.74 Å². The number of nitrogens with one attached hydrogen (secondary N) is 1. The lowest BCUT2D eigenvalue weighted by atomic mass is 10.2. The Morgan fingerprint density at radius 3 is 2.95 bits per heavy atom. The third kappa shape index (κ3) is 2.85. The molecule has 0 radical (unpaired) electrons. The summed E-state index contributed by atoms with van der Waals surface area (Å²) in [5.74, 6) is 0.285. The molecule has 1 fully saturated rings. The molecule has 1 atom stereocenters. The van der Waals surface area contributed by atoms with E-state index >= 15 is 0 Å². The number of hydrogen-bond donors (Lipinski definition) is 1. The molecule has 3 rings (SSSR count). The Kier molecular flexibility index (Phi) is 3.89. The molecule has 6 nitrogen and oxygen atoms in total. The van der Waals surface area contributed by atoms with E-state index in [1.54, 1.807) is 19.9 Å². The number of carbonyl (C=O) groups excluding carboxylic acids is 1. The number of halogens is 1. The number of ether oxygens (including phenoxy) is 1. The molecule has 1 amide bonds. The van der Waals surface area contributed by atoms with E-state index < -0.39 is 6.10 Å². The van der Waals surface area contributed by atoms with Crippen LogP contribution in [-0.4, -0.2) is 33.4 Å². The lowest BCUT2D eigenvalue weighted by Gasteiger charge is -2.12. The highest BCUT2D eigenvalue weighted by Crippen LogP contribution is 2.20. The number of aryl methyl sites for hydroxylation is 2. The van der Waals surface area contributed by atoms with Gasteiger partial charge in [0.15, 0.2) is 0 Å². The van der Waals surface area contributed by atoms with Crippen LogP contribution in [-0.2, 0) is 9.53 Å². The van der Waals surface area contributed by atoms with Gasteiger partial charge in [0.25, 0.3) is 5.91 Å². The zero-order valence-corrected chi connectivity index (χ0v) is 12.5. The first kappa shape index (κ1) is 14.6. The van der Waals surface area contributed by atoms with Crippen molar-refractivity contribution in [2.75, 3.05) is 11.9 Å². The van der Waals surface area contributed by atoms with Gasteiger partial charge in [-0.2, -0.15) is 9.67 Å². The average molecular weight is 304 g/mol. The van der Waals surface area contributed by atoms with Crippen molar-refractivity contribution in [1.82, 2.24) is 14.8 Å². The number of anilines is 1. The van der Waals surface area contributed by atoms with E-state index in [1.807, 2.05) is 0 Å². The van der Waals surface area contributed by atoms with Crippen LogP contribution in [0, 0.1) is 19.7 Å². The standard InChI is InChI=1S/C15H17FN4O2/c1-9-8-11(16)5-6-12(9)20-15(17-10(2)19-20)18-14(21)13-4-3-7-22-13/h5-6,8,13H,3-4,7H2,1-2H3,(H,17,18,19,21)/t13-/m0/s1. The molecule has 7 heteroatoms. The summed E-state index contributed by atoms with van der Waals surface area (Å²) in [5.41, 5.74) is 1.38. The summed E-state index contributed by atoms with van der Waals surface area (Å²) in [7, 11) is 0. The summed E-state index contributed by atoms with van der Waals surface area (Å²) in [6.07, 6.45) is 1.13. The second-order valence-electron chi connectivity index (χ2n) is 5.32. The second-order valence-corrected chi connectivity index (χ2v) is 5.32. The van der Waals surface area contributed by atoms with Crippen molar-refractivity contribution in [3.8, 4) is 5.69 Å². The number of amides is 1. The number of aromatic nitrogens is 3. The Balaban J connectivity index is 1.90. The fraction of sp³-hybridized carbons (Fsp3) is 0.400. The quantitative estimate of drug-likeness (QED) is 0.943. The van der Waals surface area contributed by atoms with E-state index in [2.05, 4.69) is 15.4 Å². The average Bonchev–Trinajstić information content (AvgIpc) is 3.09. The highest BCUT2D eigenvalue weighted by molar-refractivity contribution is 5.93. The Hall–Kier alpha value is -2.28. The van der Waals surface area contributed by atoms with Crippen LogP contribution in [0.5, 0.6) is 0 Å². The van der Waals surface area contributed by atoms with Crippen LogP contribution < -0.4 is 5.32 Å². The van der Waals surface area contributed by atoms with Gasteiger partial charge < -0.3 is 4.74 Å². The largest absolute Gasteiger partial charge is 0.368 e. The molecule has 2 aromatic rings. The number of nitrogens with zero attached hydrogens (tertiary/aromatic N) is 3. The fourth-order valence-electron chi connectivity index (χ4n) is 2.50. The Morgan fingerprint density at radius 1 is 1.45 bits per heavy atom. The molecule has 1 aliphatic rings. The van der Waals surface area contributed by atoms with Gasteiger partial charge in [-0.05, 0) is 50.5 Å². The molecule has 1 aromatic heterocycles. The maximum absolute atomic E-state index is 13.3. The minimum Gasteiger partial charge on any atom is -0.368 e. The molecular weight excluding hydrogens is 287 g/mol. The summed E-state index contributed by atoms with van der Waals surface area (Å²) >= 11 is 0. The maximum atomic E-state index is 13.3. The first-order valence-corrected chi connectivity index (χ1v) is 7.17. The van der Waals surface area contributed by atoms with Gasteiger partial charge >= 0.3 is 0 Å². The molecule has 1 aliphatic heterocycles. The zero-order chi connectivity index (χ0) is 15.7. The summed E-state index contributed by atoms with van der Waals surface area (Å²) < 4.78 is 20.1. The van der Waals surface area contributed by atoms with Crippen molar-refractivity contribution in [3.05, 3.63) is 35.4 Å². The van der Waals surface area contributed by atoms with Crippen LogP contribution >= 0.6 is 0 Å². The smallest absolute Gasteiger partial charge is 0.255 e. The molecule has 0 bridgehead atoms. The van der Waals surface area contributed by atoms with Gasteiger partial charge in [-0.1, -0.05) is 0 Å². The highest BCUT2D eigenvalue weighted by atomic mass is 19.1. The molecule has 0 spiro atoms. The predicted molar refractivity (Wildman–Crippen MR) is 78.4 cm³/mol. The van der Waals surface area contributed by atoms with Crippen LogP contribution in [0.2, 0.25) is 0 Å². The molecule has 1 N–H and O–H groups in total. The first-order valence-electron chi connectivity index (χ1n) is 7.17. The summed E-state index contributed by atoms with van der Waals surface area (Å²) in [6.45, 7) is 4.11. The van der Waals surface area contributed by atoms with E-state index in [1.165, 1.54) is 16.8 Å². The second kappa shape index (κ2) is 5.84. The molecular formula is C15H17FN4O2. The number of benzene rings is 1. The first-order chi connectivity index (χ1) is 10.5. The SMILES string of the molecule is Cc1nc(NC(=O)[C@@H]2CCCO2)n(-c2ccc(F)cc2C)n1. The Bertz CT molecular complexity index is 708. The number of carbonyl (C=O) groups is 1. The van der Waals surface area contributed by atoms with Gasteiger partial charge in [-0.25, -0.2) is 4.39 Å². The third-order valence-corrected chi connectivity index (χ3v) is 3.56. The fourth-order valence-corrected chi connectivity index (χ4v) is 2.50. The van der Waals surface area contributed by atoms with E-state index in [0.29, 0.717) is 36.1 Å². The number of hydrogen-bond acceptors (Lipinski definition) is 4. The van der Waals surface area contributed by atoms with Crippen molar-refractivity contribution < 1.29 is 13.9 Å². The van der Waals surface area contributed by atoms with E-state index in [9.17, 15) is 9.18 Å². The normalized spacial score (nSPS) is 17.7. The van der Waals surface area contributed by atoms with Crippen molar-refractivity contribution in [2.24, 2.45) is 0 Å². The Morgan fingerprint density at radius 2 is 2.27 bits per heavy atom. The summed E-state index contributed by atoms with van der Waals surface area (Å²) in [4.78, 5) is 16.4. The van der Waals surface area contributed by atoms with Crippen molar-refractivity contribution >= 4 is 11.9 Å². The molecule has 0 unspecified atom stereocenters. The minimum absolute atomic E-state index is 0.231.